The maximum Gasteiger partial charge on any atom is 0.142 e. The minimum absolute atomic E-state index is 0.253. The first kappa shape index (κ1) is 14.6. The van der Waals surface area contributed by atoms with E-state index in [0.29, 0.717) is 18.4 Å². The third kappa shape index (κ3) is 2.51. The molecule has 2 aliphatic rings. The molecule has 1 N–H and O–H groups in total. The minimum Gasteiger partial charge on any atom is -0.492 e. The van der Waals surface area contributed by atoms with E-state index in [0.717, 1.165) is 22.9 Å². The van der Waals surface area contributed by atoms with Gasteiger partial charge in [-0.15, -0.1) is 0 Å². The zero-order chi connectivity index (χ0) is 15.8. The standard InChI is InChI=1S/C20H20ClNO/c1-2-23-18-11-5-10-17-15-8-4-9-16(15)19(22-20(17)18)13-6-3-7-14(21)12-13/h3-8,10-12,15-16,19,22H,2,9H2,1H3/t15-,16+,19-/m1/s1. The van der Waals surface area contributed by atoms with Gasteiger partial charge in [-0.3, -0.25) is 0 Å². The molecule has 0 saturated heterocycles. The van der Waals surface area contributed by atoms with Crippen molar-refractivity contribution in [2.75, 3.05) is 11.9 Å². The lowest BCUT2D eigenvalue weighted by molar-refractivity contribution is 0.337. The summed E-state index contributed by atoms with van der Waals surface area (Å²) in [6, 6.07) is 14.8. The summed E-state index contributed by atoms with van der Waals surface area (Å²) in [6.07, 6.45) is 5.74. The second-order valence-electron chi connectivity index (χ2n) is 6.18. The van der Waals surface area contributed by atoms with Crippen LogP contribution in [0.5, 0.6) is 5.75 Å². The first-order chi connectivity index (χ1) is 11.3. The van der Waals surface area contributed by atoms with Gasteiger partial charge >= 0.3 is 0 Å². The largest absolute Gasteiger partial charge is 0.492 e. The molecule has 4 rings (SSSR count). The molecule has 0 unspecified atom stereocenters. The van der Waals surface area contributed by atoms with Gasteiger partial charge in [0.15, 0.2) is 0 Å². The molecule has 0 bridgehead atoms. The van der Waals surface area contributed by atoms with Crippen LogP contribution >= 0.6 is 11.6 Å². The smallest absolute Gasteiger partial charge is 0.142 e. The highest BCUT2D eigenvalue weighted by atomic mass is 35.5. The van der Waals surface area contributed by atoms with Crippen molar-refractivity contribution in [1.29, 1.82) is 0 Å². The fourth-order valence-electron chi connectivity index (χ4n) is 3.90. The van der Waals surface area contributed by atoms with E-state index in [9.17, 15) is 0 Å². The molecular formula is C20H20ClNO. The van der Waals surface area contributed by atoms with Gasteiger partial charge in [0, 0.05) is 10.9 Å². The lowest BCUT2D eigenvalue weighted by atomic mass is 9.77. The van der Waals surface area contributed by atoms with E-state index < -0.39 is 0 Å². The van der Waals surface area contributed by atoms with Crippen LogP contribution in [0.4, 0.5) is 5.69 Å². The number of para-hydroxylation sites is 1. The maximum absolute atomic E-state index is 6.22. The van der Waals surface area contributed by atoms with E-state index >= 15 is 0 Å². The highest BCUT2D eigenvalue weighted by Gasteiger charge is 2.38. The Bertz CT molecular complexity index is 755. The monoisotopic (exact) mass is 325 g/mol. The molecule has 0 spiro atoms. The molecule has 2 aromatic carbocycles. The molecule has 1 aliphatic heterocycles. The van der Waals surface area contributed by atoms with Crippen LogP contribution in [0.3, 0.4) is 0 Å². The number of halogens is 1. The topological polar surface area (TPSA) is 21.3 Å². The number of fused-ring (bicyclic) bond motifs is 3. The van der Waals surface area contributed by atoms with Crippen molar-refractivity contribution in [1.82, 2.24) is 0 Å². The lowest BCUT2D eigenvalue weighted by Gasteiger charge is -2.38. The van der Waals surface area contributed by atoms with Gasteiger partial charge in [0.1, 0.15) is 5.75 Å². The quantitative estimate of drug-likeness (QED) is 0.745. The molecule has 2 nitrogen and oxygen atoms in total. The summed E-state index contributed by atoms with van der Waals surface area (Å²) < 4.78 is 5.85. The van der Waals surface area contributed by atoms with Gasteiger partial charge in [0.25, 0.3) is 0 Å². The molecule has 118 valence electrons. The second kappa shape index (κ2) is 5.93. The third-order valence-corrected chi connectivity index (χ3v) is 5.10. The van der Waals surface area contributed by atoms with Crippen molar-refractivity contribution in [2.45, 2.75) is 25.3 Å². The first-order valence-electron chi connectivity index (χ1n) is 8.22. The number of nitrogens with one attached hydrogen (secondary N) is 1. The number of allylic oxidation sites excluding steroid dienone is 2. The summed E-state index contributed by atoms with van der Waals surface area (Å²) in [7, 11) is 0. The van der Waals surface area contributed by atoms with E-state index in [1.807, 2.05) is 25.1 Å². The average molecular weight is 326 g/mol. The molecule has 23 heavy (non-hydrogen) atoms. The molecule has 0 aromatic heterocycles. The normalized spacial score (nSPS) is 24.7. The van der Waals surface area contributed by atoms with Crippen LogP contribution in [-0.2, 0) is 0 Å². The fraction of sp³-hybridized carbons (Fsp3) is 0.300. The number of benzene rings is 2. The Hall–Kier alpha value is -1.93. The zero-order valence-electron chi connectivity index (χ0n) is 13.1. The van der Waals surface area contributed by atoms with Crippen LogP contribution in [0, 0.1) is 5.92 Å². The van der Waals surface area contributed by atoms with Crippen molar-refractivity contribution in [3.8, 4) is 5.75 Å². The van der Waals surface area contributed by atoms with Crippen LogP contribution in [-0.4, -0.2) is 6.61 Å². The fourth-order valence-corrected chi connectivity index (χ4v) is 4.10. The average Bonchev–Trinajstić information content (AvgIpc) is 3.04. The van der Waals surface area contributed by atoms with Crippen molar-refractivity contribution < 1.29 is 4.74 Å². The summed E-state index contributed by atoms with van der Waals surface area (Å²) in [5.41, 5.74) is 3.72. The number of rotatable bonds is 3. The van der Waals surface area contributed by atoms with Gasteiger partial charge < -0.3 is 10.1 Å². The predicted octanol–water partition coefficient (Wildman–Crippen LogP) is 5.57. The summed E-state index contributed by atoms with van der Waals surface area (Å²) in [4.78, 5) is 0. The maximum atomic E-state index is 6.22. The highest BCUT2D eigenvalue weighted by Crippen LogP contribution is 2.52. The Balaban J connectivity index is 1.80. The first-order valence-corrected chi connectivity index (χ1v) is 8.60. The van der Waals surface area contributed by atoms with Crippen LogP contribution < -0.4 is 10.1 Å². The van der Waals surface area contributed by atoms with E-state index in [1.165, 1.54) is 11.1 Å². The number of ether oxygens (including phenoxy) is 1. The molecule has 0 radical (unpaired) electrons. The molecular weight excluding hydrogens is 306 g/mol. The molecule has 3 atom stereocenters. The SMILES string of the molecule is CCOc1cccc2c1N[C@H](c1cccc(Cl)c1)[C@H]1CC=C[C@@H]21. The zero-order valence-corrected chi connectivity index (χ0v) is 13.9. The van der Waals surface area contributed by atoms with Gasteiger partial charge in [0.2, 0.25) is 0 Å². The van der Waals surface area contributed by atoms with Crippen LogP contribution in [0.2, 0.25) is 5.02 Å². The predicted molar refractivity (Wildman–Crippen MR) is 95.4 cm³/mol. The molecule has 0 fully saturated rings. The number of anilines is 1. The summed E-state index contributed by atoms with van der Waals surface area (Å²) in [5.74, 6) is 1.91. The van der Waals surface area contributed by atoms with Gasteiger partial charge in [0.05, 0.1) is 18.3 Å². The number of hydrogen-bond acceptors (Lipinski definition) is 2. The summed E-state index contributed by atoms with van der Waals surface area (Å²) in [6.45, 7) is 2.69. The van der Waals surface area contributed by atoms with Crippen molar-refractivity contribution >= 4 is 17.3 Å². The molecule has 2 aromatic rings. The Morgan fingerprint density at radius 3 is 2.91 bits per heavy atom. The van der Waals surface area contributed by atoms with E-state index in [2.05, 4.69) is 41.7 Å². The Labute approximate surface area is 142 Å². The third-order valence-electron chi connectivity index (χ3n) is 4.87. The summed E-state index contributed by atoms with van der Waals surface area (Å²) in [5, 5.41) is 4.53. The highest BCUT2D eigenvalue weighted by molar-refractivity contribution is 6.30. The van der Waals surface area contributed by atoms with Crippen molar-refractivity contribution in [3.05, 3.63) is 70.8 Å². The molecule has 3 heteroatoms. The van der Waals surface area contributed by atoms with Crippen molar-refractivity contribution in [3.63, 3.8) is 0 Å². The van der Waals surface area contributed by atoms with Crippen molar-refractivity contribution in [2.24, 2.45) is 5.92 Å². The molecule has 1 heterocycles. The Morgan fingerprint density at radius 1 is 1.22 bits per heavy atom. The van der Waals surface area contributed by atoms with Gasteiger partial charge in [-0.25, -0.2) is 0 Å². The van der Waals surface area contributed by atoms with Crippen LogP contribution in [0.25, 0.3) is 0 Å². The Kier molecular flexibility index (Phi) is 3.78. The van der Waals surface area contributed by atoms with E-state index in [1.54, 1.807) is 0 Å². The van der Waals surface area contributed by atoms with Gasteiger partial charge in [-0.2, -0.15) is 0 Å². The van der Waals surface area contributed by atoms with Gasteiger partial charge in [-0.05, 0) is 48.6 Å². The number of hydrogen-bond donors (Lipinski definition) is 1. The Morgan fingerprint density at radius 2 is 2.09 bits per heavy atom. The lowest BCUT2D eigenvalue weighted by Crippen LogP contribution is -2.29. The molecule has 0 amide bonds. The molecule has 0 saturated carbocycles. The van der Waals surface area contributed by atoms with Crippen LogP contribution in [0.15, 0.2) is 54.6 Å². The van der Waals surface area contributed by atoms with E-state index in [-0.39, 0.29) is 6.04 Å². The second-order valence-corrected chi connectivity index (χ2v) is 6.62. The summed E-state index contributed by atoms with van der Waals surface area (Å²) >= 11 is 6.22. The molecule has 1 aliphatic carbocycles. The van der Waals surface area contributed by atoms with Crippen LogP contribution in [0.1, 0.15) is 36.4 Å². The van der Waals surface area contributed by atoms with E-state index in [4.69, 9.17) is 16.3 Å². The minimum atomic E-state index is 0.253. The van der Waals surface area contributed by atoms with Gasteiger partial charge in [-0.1, -0.05) is 48.0 Å².